The molecular weight excluding hydrogens is 364 g/mol. The molecule has 5 rings (SSSR count). The summed E-state index contributed by atoms with van der Waals surface area (Å²) in [6, 6.07) is 10.3. The third-order valence-corrected chi connectivity index (χ3v) is 6.14. The van der Waals surface area contributed by atoms with Crippen molar-refractivity contribution in [2.24, 2.45) is 5.92 Å². The maximum atomic E-state index is 11.3. The molecule has 0 bridgehead atoms. The lowest BCUT2D eigenvalue weighted by Gasteiger charge is -2.44. The molecule has 146 valence electrons. The van der Waals surface area contributed by atoms with Gasteiger partial charge in [-0.3, -0.25) is 4.98 Å². The molecule has 2 aromatic heterocycles. The van der Waals surface area contributed by atoms with Gasteiger partial charge in [-0.05, 0) is 31.7 Å². The Labute approximate surface area is 169 Å². The standard InChI is InChI=1S/C22H22N6O/c23-13-15-5-9-28(10-6-15)21-19(24-7-8-25-21)22(29)11-17(12-22)20-26-14-16-3-1-2-4-18(16)27-20/h1-4,7-8,14-15,17,29H,5-6,9-12H2. The number of hydrogen-bond acceptors (Lipinski definition) is 7. The van der Waals surface area contributed by atoms with Crippen LogP contribution in [0.3, 0.4) is 0 Å². The normalized spacial score (nSPS) is 24.8. The number of aromatic nitrogens is 4. The summed E-state index contributed by atoms with van der Waals surface area (Å²) in [6.07, 6.45) is 7.86. The molecule has 0 unspecified atom stereocenters. The van der Waals surface area contributed by atoms with E-state index in [4.69, 9.17) is 5.26 Å². The van der Waals surface area contributed by atoms with Crippen molar-refractivity contribution in [2.45, 2.75) is 37.2 Å². The Morgan fingerprint density at radius 1 is 1.07 bits per heavy atom. The third-order valence-electron chi connectivity index (χ3n) is 6.14. The number of benzene rings is 1. The van der Waals surface area contributed by atoms with Crippen molar-refractivity contribution in [1.82, 2.24) is 19.9 Å². The van der Waals surface area contributed by atoms with Crippen molar-refractivity contribution in [3.63, 3.8) is 0 Å². The summed E-state index contributed by atoms with van der Waals surface area (Å²) < 4.78 is 0. The van der Waals surface area contributed by atoms with Crippen molar-refractivity contribution >= 4 is 16.7 Å². The first-order valence-electron chi connectivity index (χ1n) is 10.1. The Morgan fingerprint density at radius 3 is 2.62 bits per heavy atom. The molecule has 3 heterocycles. The van der Waals surface area contributed by atoms with Gasteiger partial charge in [0.05, 0.1) is 11.6 Å². The molecule has 0 radical (unpaired) electrons. The zero-order chi connectivity index (χ0) is 19.8. The zero-order valence-electron chi connectivity index (χ0n) is 16.1. The zero-order valence-corrected chi connectivity index (χ0v) is 16.1. The van der Waals surface area contributed by atoms with E-state index in [-0.39, 0.29) is 11.8 Å². The van der Waals surface area contributed by atoms with E-state index in [0.717, 1.165) is 48.5 Å². The maximum absolute atomic E-state index is 11.3. The summed E-state index contributed by atoms with van der Waals surface area (Å²) >= 11 is 0. The van der Waals surface area contributed by atoms with Crippen molar-refractivity contribution in [2.75, 3.05) is 18.0 Å². The van der Waals surface area contributed by atoms with Crippen molar-refractivity contribution in [1.29, 1.82) is 5.26 Å². The molecular formula is C22H22N6O. The highest BCUT2D eigenvalue weighted by atomic mass is 16.3. The average Bonchev–Trinajstić information content (AvgIpc) is 2.76. The summed E-state index contributed by atoms with van der Waals surface area (Å²) in [7, 11) is 0. The minimum Gasteiger partial charge on any atom is -0.383 e. The van der Waals surface area contributed by atoms with E-state index in [9.17, 15) is 5.11 Å². The Hall–Kier alpha value is -3.11. The smallest absolute Gasteiger partial charge is 0.153 e. The fraction of sp³-hybridized carbons (Fsp3) is 0.409. The number of aliphatic hydroxyl groups is 1. The van der Waals surface area contributed by atoms with Crippen molar-refractivity contribution < 1.29 is 5.11 Å². The number of fused-ring (bicyclic) bond motifs is 1. The van der Waals surface area contributed by atoms with Crippen LogP contribution < -0.4 is 4.90 Å². The van der Waals surface area contributed by atoms with Crippen LogP contribution in [-0.4, -0.2) is 38.1 Å². The van der Waals surface area contributed by atoms with Gasteiger partial charge in [-0.25, -0.2) is 15.0 Å². The number of anilines is 1. The number of nitrogens with zero attached hydrogens (tertiary/aromatic N) is 6. The Kier molecular flexibility index (Phi) is 4.36. The molecule has 0 amide bonds. The van der Waals surface area contributed by atoms with Gasteiger partial charge in [-0.2, -0.15) is 5.26 Å². The van der Waals surface area contributed by atoms with Gasteiger partial charge in [0.1, 0.15) is 17.1 Å². The van der Waals surface area contributed by atoms with Gasteiger partial charge in [0.15, 0.2) is 5.82 Å². The highest BCUT2D eigenvalue weighted by Crippen LogP contribution is 2.51. The largest absolute Gasteiger partial charge is 0.383 e. The molecule has 1 N–H and O–H groups in total. The predicted molar refractivity (Wildman–Crippen MR) is 108 cm³/mol. The van der Waals surface area contributed by atoms with Crippen LogP contribution in [0.25, 0.3) is 10.9 Å². The van der Waals surface area contributed by atoms with Crippen LogP contribution in [0.15, 0.2) is 42.9 Å². The molecule has 1 aliphatic heterocycles. The maximum Gasteiger partial charge on any atom is 0.153 e. The molecule has 0 spiro atoms. The lowest BCUT2D eigenvalue weighted by Crippen LogP contribution is -2.44. The Balaban J connectivity index is 1.36. The number of nitriles is 1. The molecule has 1 saturated carbocycles. The summed E-state index contributed by atoms with van der Waals surface area (Å²) in [4.78, 5) is 20.4. The summed E-state index contributed by atoms with van der Waals surface area (Å²) in [5.74, 6) is 1.72. The molecule has 0 atom stereocenters. The number of piperidine rings is 1. The summed E-state index contributed by atoms with van der Waals surface area (Å²) in [6.45, 7) is 1.52. The monoisotopic (exact) mass is 386 g/mol. The lowest BCUT2D eigenvalue weighted by atomic mass is 9.68. The highest BCUT2D eigenvalue weighted by Gasteiger charge is 2.49. The molecule has 2 fully saturated rings. The fourth-order valence-electron chi connectivity index (χ4n) is 4.43. The molecule has 1 saturated heterocycles. The molecule has 7 nitrogen and oxygen atoms in total. The van der Waals surface area contributed by atoms with Crippen LogP contribution in [0.1, 0.15) is 43.1 Å². The van der Waals surface area contributed by atoms with Gasteiger partial charge in [0, 0.05) is 48.9 Å². The van der Waals surface area contributed by atoms with Gasteiger partial charge in [0.2, 0.25) is 0 Å². The van der Waals surface area contributed by atoms with E-state index in [1.165, 1.54) is 0 Å². The van der Waals surface area contributed by atoms with Crippen LogP contribution >= 0.6 is 0 Å². The van der Waals surface area contributed by atoms with E-state index in [0.29, 0.717) is 18.5 Å². The first kappa shape index (κ1) is 18.0. The Bertz CT molecular complexity index is 1080. The van der Waals surface area contributed by atoms with Gasteiger partial charge in [-0.1, -0.05) is 18.2 Å². The molecule has 3 aromatic rings. The molecule has 7 heteroatoms. The first-order chi connectivity index (χ1) is 14.2. The summed E-state index contributed by atoms with van der Waals surface area (Å²) in [5, 5.41) is 21.4. The fourth-order valence-corrected chi connectivity index (χ4v) is 4.43. The van der Waals surface area contributed by atoms with Gasteiger partial charge < -0.3 is 10.0 Å². The highest BCUT2D eigenvalue weighted by molar-refractivity contribution is 5.77. The molecule has 2 aliphatic rings. The van der Waals surface area contributed by atoms with Crippen LogP contribution in [-0.2, 0) is 5.60 Å². The van der Waals surface area contributed by atoms with Crippen LogP contribution in [0, 0.1) is 17.2 Å². The topological polar surface area (TPSA) is 98.8 Å². The second-order valence-electron chi connectivity index (χ2n) is 8.04. The van der Waals surface area contributed by atoms with E-state index < -0.39 is 5.60 Å². The third kappa shape index (κ3) is 3.19. The van der Waals surface area contributed by atoms with Gasteiger partial charge >= 0.3 is 0 Å². The number of rotatable bonds is 3. The first-order valence-corrected chi connectivity index (χ1v) is 10.1. The van der Waals surface area contributed by atoms with Crippen LogP contribution in [0.4, 0.5) is 5.82 Å². The van der Waals surface area contributed by atoms with E-state index in [2.05, 4.69) is 30.9 Å². The van der Waals surface area contributed by atoms with Crippen LogP contribution in [0.5, 0.6) is 0 Å². The molecule has 29 heavy (non-hydrogen) atoms. The number of para-hydroxylation sites is 1. The van der Waals surface area contributed by atoms with E-state index in [1.807, 2.05) is 30.5 Å². The molecule has 1 aliphatic carbocycles. The molecule has 1 aromatic carbocycles. The minimum atomic E-state index is -1.02. The Morgan fingerprint density at radius 2 is 1.83 bits per heavy atom. The average molecular weight is 386 g/mol. The van der Waals surface area contributed by atoms with E-state index >= 15 is 0 Å². The quantitative estimate of drug-likeness (QED) is 0.739. The minimum absolute atomic E-state index is 0.101. The second kappa shape index (κ2) is 7.05. The van der Waals surface area contributed by atoms with Gasteiger partial charge in [-0.15, -0.1) is 0 Å². The van der Waals surface area contributed by atoms with Gasteiger partial charge in [0.25, 0.3) is 0 Å². The SMILES string of the molecule is N#CC1CCN(c2nccnc2C2(O)CC(c3ncc4ccccc4n3)C2)CC1. The number of hydrogen-bond donors (Lipinski definition) is 1. The summed E-state index contributed by atoms with van der Waals surface area (Å²) in [5.41, 5.74) is 0.538. The van der Waals surface area contributed by atoms with Crippen molar-refractivity contribution in [3.8, 4) is 6.07 Å². The van der Waals surface area contributed by atoms with Crippen molar-refractivity contribution in [3.05, 3.63) is 54.4 Å². The second-order valence-corrected chi connectivity index (χ2v) is 8.04. The van der Waals surface area contributed by atoms with E-state index in [1.54, 1.807) is 12.4 Å². The van der Waals surface area contributed by atoms with Crippen LogP contribution in [0.2, 0.25) is 0 Å². The lowest BCUT2D eigenvalue weighted by molar-refractivity contribution is -0.0603. The predicted octanol–water partition coefficient (Wildman–Crippen LogP) is 2.92.